The van der Waals surface area contributed by atoms with Crippen LogP contribution in [0.15, 0.2) is 41.4 Å². The molecule has 0 radical (unpaired) electrons. The number of sulfone groups is 1. The third kappa shape index (κ3) is 3.67. The Labute approximate surface area is 141 Å². The van der Waals surface area contributed by atoms with E-state index < -0.39 is 9.84 Å². The molecule has 1 aliphatic rings. The SMILES string of the molecule is CS(=O)(=O)c1cccc(C(=O)Nc2ccnn2C2CCCCC2)c1. The van der Waals surface area contributed by atoms with Crippen molar-refractivity contribution in [1.82, 2.24) is 9.78 Å². The number of rotatable bonds is 4. The molecule has 0 atom stereocenters. The molecule has 1 saturated carbocycles. The van der Waals surface area contributed by atoms with Gasteiger partial charge in [0, 0.05) is 17.9 Å². The molecule has 1 aliphatic carbocycles. The van der Waals surface area contributed by atoms with Crippen molar-refractivity contribution in [3.8, 4) is 0 Å². The first kappa shape index (κ1) is 16.7. The highest BCUT2D eigenvalue weighted by Gasteiger charge is 2.20. The number of amides is 1. The topological polar surface area (TPSA) is 81.1 Å². The number of nitrogens with zero attached hydrogens (tertiary/aromatic N) is 2. The van der Waals surface area contributed by atoms with Crippen molar-refractivity contribution < 1.29 is 13.2 Å². The molecule has 0 saturated heterocycles. The summed E-state index contributed by atoms with van der Waals surface area (Å²) >= 11 is 0. The van der Waals surface area contributed by atoms with Crippen molar-refractivity contribution in [3.63, 3.8) is 0 Å². The maximum Gasteiger partial charge on any atom is 0.256 e. The minimum atomic E-state index is -3.34. The molecule has 0 bridgehead atoms. The maximum atomic E-state index is 12.5. The molecule has 1 aromatic heterocycles. The number of anilines is 1. The van der Waals surface area contributed by atoms with E-state index in [-0.39, 0.29) is 10.8 Å². The average molecular weight is 347 g/mol. The second-order valence-electron chi connectivity index (χ2n) is 6.21. The Kier molecular flexibility index (Phi) is 4.71. The molecule has 1 N–H and O–H groups in total. The fourth-order valence-electron chi connectivity index (χ4n) is 3.09. The van der Waals surface area contributed by atoms with Gasteiger partial charge in [-0.25, -0.2) is 13.1 Å². The van der Waals surface area contributed by atoms with Gasteiger partial charge in [0.25, 0.3) is 5.91 Å². The van der Waals surface area contributed by atoms with Gasteiger partial charge in [0.1, 0.15) is 5.82 Å². The Morgan fingerprint density at radius 1 is 1.21 bits per heavy atom. The monoisotopic (exact) mass is 347 g/mol. The molecule has 2 aromatic rings. The molecule has 1 heterocycles. The molecule has 3 rings (SSSR count). The molecule has 0 unspecified atom stereocenters. The van der Waals surface area contributed by atoms with Crippen LogP contribution in [0.1, 0.15) is 48.5 Å². The molecule has 0 spiro atoms. The normalized spacial score (nSPS) is 16.0. The van der Waals surface area contributed by atoms with E-state index in [0.717, 1.165) is 19.1 Å². The molecule has 0 aliphatic heterocycles. The van der Waals surface area contributed by atoms with Gasteiger partial charge in [0.15, 0.2) is 9.84 Å². The Hall–Kier alpha value is -2.15. The summed E-state index contributed by atoms with van der Waals surface area (Å²) in [5, 5.41) is 7.20. The van der Waals surface area contributed by atoms with Crippen LogP contribution in [0.5, 0.6) is 0 Å². The highest BCUT2D eigenvalue weighted by Crippen LogP contribution is 2.30. The van der Waals surface area contributed by atoms with Crippen LogP contribution in [0.25, 0.3) is 0 Å². The average Bonchev–Trinajstić information content (AvgIpc) is 3.03. The number of nitrogens with one attached hydrogen (secondary N) is 1. The summed E-state index contributed by atoms with van der Waals surface area (Å²) in [6.45, 7) is 0. The molecule has 128 valence electrons. The van der Waals surface area contributed by atoms with E-state index in [0.29, 0.717) is 17.4 Å². The maximum absolute atomic E-state index is 12.5. The van der Waals surface area contributed by atoms with Gasteiger partial charge in [-0.2, -0.15) is 5.10 Å². The quantitative estimate of drug-likeness (QED) is 0.922. The van der Waals surface area contributed by atoms with Crippen molar-refractivity contribution in [1.29, 1.82) is 0 Å². The highest BCUT2D eigenvalue weighted by atomic mass is 32.2. The van der Waals surface area contributed by atoms with Gasteiger partial charge >= 0.3 is 0 Å². The fourth-order valence-corrected chi connectivity index (χ4v) is 3.75. The van der Waals surface area contributed by atoms with Crippen molar-refractivity contribution >= 4 is 21.6 Å². The molecule has 1 aromatic carbocycles. The van der Waals surface area contributed by atoms with Crippen LogP contribution < -0.4 is 5.32 Å². The third-order valence-corrected chi connectivity index (χ3v) is 5.47. The zero-order chi connectivity index (χ0) is 17.2. The zero-order valence-corrected chi connectivity index (χ0v) is 14.4. The minimum absolute atomic E-state index is 0.135. The molecule has 7 heteroatoms. The Bertz CT molecular complexity index is 836. The smallest absolute Gasteiger partial charge is 0.256 e. The highest BCUT2D eigenvalue weighted by molar-refractivity contribution is 7.90. The van der Waals surface area contributed by atoms with Gasteiger partial charge in [-0.05, 0) is 31.0 Å². The first-order chi connectivity index (χ1) is 11.4. The van der Waals surface area contributed by atoms with E-state index in [1.807, 2.05) is 4.68 Å². The molecule has 1 fully saturated rings. The summed E-state index contributed by atoms with van der Waals surface area (Å²) in [5.41, 5.74) is 0.314. The Morgan fingerprint density at radius 2 is 1.96 bits per heavy atom. The van der Waals surface area contributed by atoms with Gasteiger partial charge in [-0.1, -0.05) is 25.3 Å². The summed E-state index contributed by atoms with van der Waals surface area (Å²) in [7, 11) is -3.34. The van der Waals surface area contributed by atoms with Crippen molar-refractivity contribution in [2.24, 2.45) is 0 Å². The van der Waals surface area contributed by atoms with Crippen LogP contribution in [0.2, 0.25) is 0 Å². The van der Waals surface area contributed by atoms with Gasteiger partial charge in [0.2, 0.25) is 0 Å². The van der Waals surface area contributed by atoms with Crippen LogP contribution in [-0.4, -0.2) is 30.4 Å². The predicted molar refractivity (Wildman–Crippen MR) is 91.9 cm³/mol. The van der Waals surface area contributed by atoms with Crippen LogP contribution >= 0.6 is 0 Å². The van der Waals surface area contributed by atoms with E-state index in [9.17, 15) is 13.2 Å². The lowest BCUT2D eigenvalue weighted by Gasteiger charge is -2.23. The van der Waals surface area contributed by atoms with Crippen LogP contribution in [0, 0.1) is 0 Å². The molecular formula is C17H21N3O3S. The first-order valence-electron chi connectivity index (χ1n) is 8.10. The Balaban J connectivity index is 1.80. The van der Waals surface area contributed by atoms with Crippen LogP contribution in [0.4, 0.5) is 5.82 Å². The third-order valence-electron chi connectivity index (χ3n) is 4.36. The van der Waals surface area contributed by atoms with E-state index in [2.05, 4.69) is 10.4 Å². The fraction of sp³-hybridized carbons (Fsp3) is 0.412. The van der Waals surface area contributed by atoms with E-state index in [4.69, 9.17) is 0 Å². The van der Waals surface area contributed by atoms with Crippen molar-refractivity contribution in [2.45, 2.75) is 43.0 Å². The van der Waals surface area contributed by atoms with Crippen LogP contribution in [0.3, 0.4) is 0 Å². The van der Waals surface area contributed by atoms with Crippen molar-refractivity contribution in [2.75, 3.05) is 11.6 Å². The van der Waals surface area contributed by atoms with E-state index in [1.165, 1.54) is 31.4 Å². The second kappa shape index (κ2) is 6.76. The summed E-state index contributed by atoms with van der Waals surface area (Å²) in [4.78, 5) is 12.6. The second-order valence-corrected chi connectivity index (χ2v) is 8.22. The largest absolute Gasteiger partial charge is 0.307 e. The molecular weight excluding hydrogens is 326 g/mol. The summed E-state index contributed by atoms with van der Waals surface area (Å²) in [5.74, 6) is 0.315. The summed E-state index contributed by atoms with van der Waals surface area (Å²) < 4.78 is 25.2. The predicted octanol–water partition coefficient (Wildman–Crippen LogP) is 3.04. The minimum Gasteiger partial charge on any atom is -0.307 e. The lowest BCUT2D eigenvalue weighted by molar-refractivity contribution is 0.102. The number of carbonyl (C=O) groups is 1. The standard InChI is InChI=1S/C17H21N3O3S/c1-24(22,23)15-9-5-6-13(12-15)17(21)19-16-10-11-18-20(16)14-7-3-2-4-8-14/h5-6,9-12,14H,2-4,7-8H2,1H3,(H,19,21). The first-order valence-corrected chi connectivity index (χ1v) is 9.99. The van der Waals surface area contributed by atoms with Gasteiger partial charge in [-0.15, -0.1) is 0 Å². The Morgan fingerprint density at radius 3 is 2.67 bits per heavy atom. The summed E-state index contributed by atoms with van der Waals surface area (Å²) in [6.07, 6.45) is 8.53. The van der Waals surface area contributed by atoms with Gasteiger partial charge < -0.3 is 5.32 Å². The number of hydrogen-bond acceptors (Lipinski definition) is 4. The zero-order valence-electron chi connectivity index (χ0n) is 13.6. The van der Waals surface area contributed by atoms with E-state index >= 15 is 0 Å². The van der Waals surface area contributed by atoms with Crippen LogP contribution in [-0.2, 0) is 9.84 Å². The molecule has 6 nitrogen and oxygen atoms in total. The van der Waals surface area contributed by atoms with E-state index in [1.54, 1.807) is 24.4 Å². The lowest BCUT2D eigenvalue weighted by atomic mass is 9.96. The number of carbonyl (C=O) groups excluding carboxylic acids is 1. The molecule has 1 amide bonds. The molecule has 24 heavy (non-hydrogen) atoms. The number of aromatic nitrogens is 2. The number of hydrogen-bond donors (Lipinski definition) is 1. The summed E-state index contributed by atoms with van der Waals surface area (Å²) in [6, 6.07) is 8.14. The lowest BCUT2D eigenvalue weighted by Crippen LogP contribution is -2.20. The number of benzene rings is 1. The van der Waals surface area contributed by atoms with Gasteiger partial charge in [-0.3, -0.25) is 4.79 Å². The van der Waals surface area contributed by atoms with Gasteiger partial charge in [0.05, 0.1) is 17.1 Å². The van der Waals surface area contributed by atoms with Crippen molar-refractivity contribution in [3.05, 3.63) is 42.1 Å².